The van der Waals surface area contributed by atoms with Gasteiger partial charge >= 0.3 is 0 Å². The van der Waals surface area contributed by atoms with Gasteiger partial charge in [0.15, 0.2) is 0 Å². The van der Waals surface area contributed by atoms with Gasteiger partial charge in [-0.1, -0.05) is 6.07 Å². The first-order valence-corrected chi connectivity index (χ1v) is 7.42. The summed E-state index contributed by atoms with van der Waals surface area (Å²) in [4.78, 5) is 2.48. The molecule has 0 aliphatic carbocycles. The van der Waals surface area contributed by atoms with Crippen LogP contribution in [-0.4, -0.2) is 37.2 Å². The molecule has 4 heteroatoms. The molecule has 1 fully saturated rings. The molecular formula is C16H25FN2O. The third kappa shape index (κ3) is 3.93. The predicted molar refractivity (Wildman–Crippen MR) is 79.3 cm³/mol. The minimum atomic E-state index is -0.265. The summed E-state index contributed by atoms with van der Waals surface area (Å²) in [6, 6.07) is 6.87. The lowest BCUT2D eigenvalue weighted by Gasteiger charge is -2.24. The summed E-state index contributed by atoms with van der Waals surface area (Å²) in [6.45, 7) is 7.86. The van der Waals surface area contributed by atoms with Crippen molar-refractivity contribution in [2.75, 3.05) is 26.2 Å². The van der Waals surface area contributed by atoms with Crippen LogP contribution in [0.25, 0.3) is 0 Å². The highest BCUT2D eigenvalue weighted by molar-refractivity contribution is 5.22. The Kier molecular flexibility index (Phi) is 5.38. The Labute approximate surface area is 120 Å². The first-order valence-electron chi connectivity index (χ1n) is 7.42. The minimum Gasteiger partial charge on any atom is -0.493 e. The fourth-order valence-corrected chi connectivity index (χ4v) is 2.83. The number of hydrogen-bond acceptors (Lipinski definition) is 3. The van der Waals surface area contributed by atoms with E-state index in [4.69, 9.17) is 10.5 Å². The number of halogens is 1. The van der Waals surface area contributed by atoms with Gasteiger partial charge in [-0.25, -0.2) is 4.39 Å². The molecule has 1 aliphatic rings. The smallest absolute Gasteiger partial charge is 0.126 e. The molecule has 3 nitrogen and oxygen atoms in total. The number of ether oxygens (including phenoxy) is 1. The Hall–Kier alpha value is -1.13. The molecular weight excluding hydrogens is 255 g/mol. The topological polar surface area (TPSA) is 38.5 Å². The van der Waals surface area contributed by atoms with E-state index < -0.39 is 0 Å². The van der Waals surface area contributed by atoms with Gasteiger partial charge in [-0.2, -0.15) is 0 Å². The number of nitrogens with zero attached hydrogens (tertiary/aromatic N) is 1. The fraction of sp³-hybridized carbons (Fsp3) is 0.625. The Morgan fingerprint density at radius 1 is 1.45 bits per heavy atom. The highest BCUT2D eigenvalue weighted by Gasteiger charge is 2.30. The van der Waals surface area contributed by atoms with E-state index in [-0.39, 0.29) is 5.82 Å². The Bertz CT molecular complexity index is 425. The zero-order valence-electron chi connectivity index (χ0n) is 12.4. The maximum absolute atomic E-state index is 13.1. The third-order valence-corrected chi connectivity index (χ3v) is 4.22. The van der Waals surface area contributed by atoms with E-state index in [2.05, 4.69) is 18.7 Å². The van der Waals surface area contributed by atoms with Gasteiger partial charge in [0, 0.05) is 24.6 Å². The van der Waals surface area contributed by atoms with Gasteiger partial charge in [-0.15, -0.1) is 0 Å². The summed E-state index contributed by atoms with van der Waals surface area (Å²) in [6.07, 6.45) is 1.17. The lowest BCUT2D eigenvalue weighted by Crippen LogP contribution is -2.33. The maximum atomic E-state index is 13.1. The average molecular weight is 280 g/mol. The second-order valence-corrected chi connectivity index (χ2v) is 5.90. The van der Waals surface area contributed by atoms with E-state index in [1.54, 1.807) is 12.1 Å². The lowest BCUT2D eigenvalue weighted by atomic mass is 9.92. The normalized spacial score (nSPS) is 21.4. The van der Waals surface area contributed by atoms with E-state index in [9.17, 15) is 4.39 Å². The molecule has 1 aliphatic heterocycles. The summed E-state index contributed by atoms with van der Waals surface area (Å²) in [5, 5.41) is 0. The van der Waals surface area contributed by atoms with Crippen LogP contribution in [0.4, 0.5) is 4.39 Å². The third-order valence-electron chi connectivity index (χ3n) is 4.22. The van der Waals surface area contributed by atoms with Crippen molar-refractivity contribution in [1.29, 1.82) is 0 Å². The van der Waals surface area contributed by atoms with Gasteiger partial charge in [0.05, 0.1) is 6.61 Å². The van der Waals surface area contributed by atoms with Gasteiger partial charge in [-0.3, -0.25) is 0 Å². The van der Waals surface area contributed by atoms with Crippen molar-refractivity contribution in [3.8, 4) is 5.75 Å². The average Bonchev–Trinajstić information content (AvgIpc) is 2.89. The lowest BCUT2D eigenvalue weighted by molar-refractivity contribution is 0.187. The maximum Gasteiger partial charge on any atom is 0.126 e. The van der Waals surface area contributed by atoms with Crippen LogP contribution in [-0.2, 0) is 0 Å². The quantitative estimate of drug-likeness (QED) is 0.870. The van der Waals surface area contributed by atoms with Crippen molar-refractivity contribution in [2.45, 2.75) is 26.3 Å². The second-order valence-electron chi connectivity index (χ2n) is 5.90. The zero-order chi connectivity index (χ0) is 14.5. The first-order chi connectivity index (χ1) is 9.60. The predicted octanol–water partition coefficient (Wildman–Crippen LogP) is 2.51. The van der Waals surface area contributed by atoms with Crippen LogP contribution >= 0.6 is 0 Å². The minimum absolute atomic E-state index is 0.265. The summed E-state index contributed by atoms with van der Waals surface area (Å²) in [5.74, 6) is 1.23. The van der Waals surface area contributed by atoms with Crippen molar-refractivity contribution >= 4 is 0 Å². The molecule has 2 unspecified atom stereocenters. The molecule has 1 aromatic rings. The van der Waals surface area contributed by atoms with Crippen LogP contribution in [0.3, 0.4) is 0 Å². The number of benzene rings is 1. The summed E-state index contributed by atoms with van der Waals surface area (Å²) in [5.41, 5.74) is 5.90. The Morgan fingerprint density at radius 3 is 2.85 bits per heavy atom. The molecule has 2 N–H and O–H groups in total. The summed E-state index contributed by atoms with van der Waals surface area (Å²) < 4.78 is 18.8. The first kappa shape index (κ1) is 15.3. The molecule has 2 atom stereocenters. The van der Waals surface area contributed by atoms with Gasteiger partial charge in [0.25, 0.3) is 0 Å². The fourth-order valence-electron chi connectivity index (χ4n) is 2.83. The molecule has 0 aromatic heterocycles. The summed E-state index contributed by atoms with van der Waals surface area (Å²) >= 11 is 0. The second kappa shape index (κ2) is 7.04. The molecule has 0 amide bonds. The zero-order valence-corrected chi connectivity index (χ0v) is 12.4. The van der Waals surface area contributed by atoms with Crippen molar-refractivity contribution in [2.24, 2.45) is 17.6 Å². The number of nitrogens with two attached hydrogens (primary N) is 1. The van der Waals surface area contributed by atoms with E-state index in [0.717, 1.165) is 13.1 Å². The molecule has 1 aromatic carbocycles. The van der Waals surface area contributed by atoms with Crippen LogP contribution < -0.4 is 10.5 Å². The standard InChI is InChI=1S/C16H25FN2O/c1-12(2)19-7-6-13(10-19)14(9-18)11-20-16-5-3-4-15(17)8-16/h3-5,8,12-14H,6-7,9-11,18H2,1-2H3. The monoisotopic (exact) mass is 280 g/mol. The molecule has 1 saturated heterocycles. The van der Waals surface area contributed by atoms with Crippen molar-refractivity contribution < 1.29 is 9.13 Å². The van der Waals surface area contributed by atoms with Gasteiger partial charge in [0.2, 0.25) is 0 Å². The Morgan fingerprint density at radius 2 is 2.25 bits per heavy atom. The van der Waals surface area contributed by atoms with Crippen molar-refractivity contribution in [3.63, 3.8) is 0 Å². The highest BCUT2D eigenvalue weighted by Crippen LogP contribution is 2.26. The van der Waals surface area contributed by atoms with Crippen LogP contribution in [0.15, 0.2) is 24.3 Å². The van der Waals surface area contributed by atoms with E-state index in [0.29, 0.717) is 36.8 Å². The van der Waals surface area contributed by atoms with Gasteiger partial charge in [-0.05, 0) is 51.4 Å². The number of rotatable bonds is 6. The molecule has 1 heterocycles. The molecule has 0 spiro atoms. The molecule has 2 rings (SSSR count). The number of hydrogen-bond donors (Lipinski definition) is 1. The van der Waals surface area contributed by atoms with Crippen LogP contribution in [0.1, 0.15) is 20.3 Å². The largest absolute Gasteiger partial charge is 0.493 e. The van der Waals surface area contributed by atoms with Gasteiger partial charge < -0.3 is 15.4 Å². The van der Waals surface area contributed by atoms with Crippen LogP contribution in [0, 0.1) is 17.7 Å². The van der Waals surface area contributed by atoms with E-state index in [1.807, 2.05) is 0 Å². The molecule has 112 valence electrons. The number of likely N-dealkylation sites (tertiary alicyclic amines) is 1. The SMILES string of the molecule is CC(C)N1CCC(C(CN)COc2cccc(F)c2)C1. The van der Waals surface area contributed by atoms with Gasteiger partial charge in [0.1, 0.15) is 11.6 Å². The highest BCUT2D eigenvalue weighted by atomic mass is 19.1. The Balaban J connectivity index is 1.87. The molecule has 0 saturated carbocycles. The summed E-state index contributed by atoms with van der Waals surface area (Å²) in [7, 11) is 0. The van der Waals surface area contributed by atoms with E-state index in [1.165, 1.54) is 18.6 Å². The molecule has 0 bridgehead atoms. The van der Waals surface area contributed by atoms with Crippen LogP contribution in [0.5, 0.6) is 5.75 Å². The molecule has 0 radical (unpaired) electrons. The molecule has 20 heavy (non-hydrogen) atoms. The van der Waals surface area contributed by atoms with Crippen molar-refractivity contribution in [1.82, 2.24) is 4.90 Å². The van der Waals surface area contributed by atoms with Crippen LogP contribution in [0.2, 0.25) is 0 Å². The van der Waals surface area contributed by atoms with E-state index >= 15 is 0 Å². The van der Waals surface area contributed by atoms with Crippen molar-refractivity contribution in [3.05, 3.63) is 30.1 Å².